The Balaban J connectivity index is 2.13. The van der Waals surface area contributed by atoms with Gasteiger partial charge in [0.1, 0.15) is 0 Å². The van der Waals surface area contributed by atoms with Crippen molar-refractivity contribution in [1.82, 2.24) is 4.31 Å². The lowest BCUT2D eigenvalue weighted by molar-refractivity contribution is -0.313. The maximum atomic E-state index is 12.7. The number of nitrogens with zero attached hydrogens (tertiary/aromatic N) is 1. The van der Waals surface area contributed by atoms with Crippen LogP contribution in [0.5, 0.6) is 0 Å². The van der Waals surface area contributed by atoms with Crippen LogP contribution in [0.25, 0.3) is 0 Å². The summed E-state index contributed by atoms with van der Waals surface area (Å²) in [6, 6.07) is 5.78. The van der Waals surface area contributed by atoms with Crippen LogP contribution < -0.4 is 10.4 Å². The Hall–Kier alpha value is -2.45. The molecule has 1 aromatic rings. The minimum Gasteiger partial charge on any atom is -0.550 e. The minimum absolute atomic E-state index is 0.0828. The van der Waals surface area contributed by atoms with Gasteiger partial charge in [-0.3, -0.25) is 4.79 Å². The lowest BCUT2D eigenvalue weighted by Crippen LogP contribution is -2.42. The van der Waals surface area contributed by atoms with Crippen LogP contribution in [-0.4, -0.2) is 37.7 Å². The Morgan fingerprint density at radius 1 is 1.07 bits per heavy atom. The van der Waals surface area contributed by atoms with Gasteiger partial charge in [0, 0.05) is 36.6 Å². The molecule has 1 amide bonds. The predicted octanol–water partition coefficient (Wildman–Crippen LogP) is 1.54. The number of hydrogen-bond donors (Lipinski definition) is 1. The van der Waals surface area contributed by atoms with E-state index in [4.69, 9.17) is 0 Å². The van der Waals surface area contributed by atoms with Gasteiger partial charge in [-0.05, 0) is 37.1 Å². The highest BCUT2D eigenvalue weighted by atomic mass is 32.2. The molecule has 0 radical (unpaired) electrons. The van der Waals surface area contributed by atoms with E-state index < -0.39 is 27.8 Å². The van der Waals surface area contributed by atoms with E-state index in [9.17, 15) is 23.1 Å². The molecule has 2 rings (SSSR count). The summed E-state index contributed by atoms with van der Waals surface area (Å²) in [5.41, 5.74) is 0.408. The monoisotopic (exact) mass is 405 g/mol. The number of carbonyl (C=O) groups is 2. The highest BCUT2D eigenvalue weighted by molar-refractivity contribution is 7.89. The highest BCUT2D eigenvalue weighted by Crippen LogP contribution is 2.31. The van der Waals surface area contributed by atoms with Crippen LogP contribution in [0.15, 0.2) is 54.5 Å². The number of carboxylic acid groups (broad SMARTS) is 1. The van der Waals surface area contributed by atoms with Gasteiger partial charge in [0.25, 0.3) is 0 Å². The van der Waals surface area contributed by atoms with E-state index in [2.05, 4.69) is 18.5 Å². The lowest BCUT2D eigenvalue weighted by atomic mass is 9.78. The van der Waals surface area contributed by atoms with E-state index >= 15 is 0 Å². The molecule has 1 aromatic carbocycles. The third-order valence-corrected chi connectivity index (χ3v) is 6.68. The van der Waals surface area contributed by atoms with Crippen LogP contribution in [0.2, 0.25) is 0 Å². The molecule has 8 heteroatoms. The quantitative estimate of drug-likeness (QED) is 0.627. The third kappa shape index (κ3) is 5.08. The summed E-state index contributed by atoms with van der Waals surface area (Å²) in [7, 11) is -3.72. The first-order valence-electron chi connectivity index (χ1n) is 9.15. The number of hydrogen-bond acceptors (Lipinski definition) is 5. The second kappa shape index (κ2) is 9.66. The zero-order valence-corrected chi connectivity index (χ0v) is 16.5. The topological polar surface area (TPSA) is 107 Å². The summed E-state index contributed by atoms with van der Waals surface area (Å²) in [6.07, 6.45) is 5.47. The minimum atomic E-state index is -3.72. The van der Waals surface area contributed by atoms with Crippen molar-refractivity contribution in [1.29, 1.82) is 0 Å². The largest absolute Gasteiger partial charge is 0.550 e. The normalized spacial score (nSPS) is 19.8. The number of carbonyl (C=O) groups excluding carboxylic acids is 2. The van der Waals surface area contributed by atoms with E-state index in [1.54, 1.807) is 0 Å². The molecule has 0 unspecified atom stereocenters. The Morgan fingerprint density at radius 2 is 1.61 bits per heavy atom. The van der Waals surface area contributed by atoms with E-state index in [1.807, 2.05) is 0 Å². The summed E-state index contributed by atoms with van der Waals surface area (Å²) >= 11 is 0. The Labute approximate surface area is 165 Å². The summed E-state index contributed by atoms with van der Waals surface area (Å²) in [5, 5.41) is 14.0. The molecule has 0 bridgehead atoms. The average Bonchev–Trinajstić information content (AvgIpc) is 2.68. The molecule has 152 valence electrons. The number of anilines is 1. The van der Waals surface area contributed by atoms with Gasteiger partial charge in [0.05, 0.1) is 4.90 Å². The molecule has 28 heavy (non-hydrogen) atoms. The average molecular weight is 405 g/mol. The van der Waals surface area contributed by atoms with Crippen molar-refractivity contribution in [2.45, 2.75) is 30.6 Å². The molecule has 1 N–H and O–H groups in total. The fourth-order valence-corrected chi connectivity index (χ4v) is 4.76. The number of nitrogens with one attached hydrogen (secondary N) is 1. The first-order chi connectivity index (χ1) is 13.3. The fourth-order valence-electron chi connectivity index (χ4n) is 3.38. The standard InChI is InChI=1S/C20H26N2O5S/c1-3-13-22(14-4-2)28(26,27)16-11-9-15(10-12-16)21-19(23)17-7-5-6-8-18(17)20(24)25/h3-4,9-12,17-18H,1-2,5-8,13-14H2,(H,21,23)(H,24,25)/p-1/t17-,18-/m1/s1. The van der Waals surface area contributed by atoms with Gasteiger partial charge in [0.2, 0.25) is 15.9 Å². The van der Waals surface area contributed by atoms with Gasteiger partial charge in [-0.2, -0.15) is 4.31 Å². The van der Waals surface area contributed by atoms with Gasteiger partial charge < -0.3 is 15.2 Å². The summed E-state index contributed by atoms with van der Waals surface area (Å²) in [5.74, 6) is -3.02. The number of rotatable bonds is 9. The molecule has 1 saturated carbocycles. The number of aliphatic carboxylic acids is 1. The van der Waals surface area contributed by atoms with Crippen molar-refractivity contribution in [3.8, 4) is 0 Å². The van der Waals surface area contributed by atoms with E-state index in [1.165, 1.54) is 40.7 Å². The van der Waals surface area contributed by atoms with E-state index in [0.29, 0.717) is 18.5 Å². The molecule has 1 aliphatic rings. The molecule has 7 nitrogen and oxygen atoms in total. The first-order valence-corrected chi connectivity index (χ1v) is 10.6. The van der Waals surface area contributed by atoms with Gasteiger partial charge in [0.15, 0.2) is 0 Å². The molecule has 0 spiro atoms. The van der Waals surface area contributed by atoms with Crippen LogP contribution in [0, 0.1) is 11.8 Å². The second-order valence-electron chi connectivity index (χ2n) is 6.73. The van der Waals surface area contributed by atoms with Gasteiger partial charge in [-0.25, -0.2) is 8.42 Å². The van der Waals surface area contributed by atoms with Gasteiger partial charge in [-0.15, -0.1) is 13.2 Å². The Kier molecular flexibility index (Phi) is 7.53. The number of carboxylic acids is 1. The van der Waals surface area contributed by atoms with Gasteiger partial charge in [-0.1, -0.05) is 25.0 Å². The Morgan fingerprint density at radius 3 is 2.11 bits per heavy atom. The Bertz CT molecular complexity index is 823. The van der Waals surface area contributed by atoms with Crippen LogP contribution in [0.3, 0.4) is 0 Å². The van der Waals surface area contributed by atoms with Crippen molar-refractivity contribution in [2.75, 3.05) is 18.4 Å². The summed E-state index contributed by atoms with van der Waals surface area (Å²) < 4.78 is 26.6. The van der Waals surface area contributed by atoms with Crippen molar-refractivity contribution in [3.05, 3.63) is 49.6 Å². The summed E-state index contributed by atoms with van der Waals surface area (Å²) in [4.78, 5) is 23.8. The fraction of sp³-hybridized carbons (Fsp3) is 0.400. The SMILES string of the molecule is C=CCN(CC=C)S(=O)(=O)c1ccc(NC(=O)[C@@H]2CCCC[C@H]2C(=O)[O-])cc1. The molecule has 1 aliphatic carbocycles. The van der Waals surface area contributed by atoms with Crippen molar-refractivity contribution >= 4 is 27.6 Å². The summed E-state index contributed by atoms with van der Waals surface area (Å²) in [6.45, 7) is 7.43. The number of amides is 1. The zero-order chi connectivity index (χ0) is 20.7. The van der Waals surface area contributed by atoms with Crippen LogP contribution in [-0.2, 0) is 19.6 Å². The maximum absolute atomic E-state index is 12.7. The molecule has 0 heterocycles. The molecule has 1 fully saturated rings. The van der Waals surface area contributed by atoms with Crippen LogP contribution >= 0.6 is 0 Å². The highest BCUT2D eigenvalue weighted by Gasteiger charge is 2.32. The third-order valence-electron chi connectivity index (χ3n) is 4.83. The van der Waals surface area contributed by atoms with Crippen LogP contribution in [0.1, 0.15) is 25.7 Å². The predicted molar refractivity (Wildman–Crippen MR) is 105 cm³/mol. The molecule has 0 saturated heterocycles. The van der Waals surface area contributed by atoms with E-state index in [0.717, 1.165) is 12.8 Å². The lowest BCUT2D eigenvalue weighted by Gasteiger charge is -2.31. The second-order valence-corrected chi connectivity index (χ2v) is 8.67. The molecular weight excluding hydrogens is 380 g/mol. The molecule has 2 atom stereocenters. The zero-order valence-electron chi connectivity index (χ0n) is 15.7. The number of sulfonamides is 1. The smallest absolute Gasteiger partial charge is 0.243 e. The van der Waals surface area contributed by atoms with Gasteiger partial charge >= 0.3 is 0 Å². The van der Waals surface area contributed by atoms with Crippen molar-refractivity contribution < 1.29 is 23.1 Å². The molecule has 0 aliphatic heterocycles. The number of benzene rings is 1. The van der Waals surface area contributed by atoms with E-state index in [-0.39, 0.29) is 23.9 Å². The maximum Gasteiger partial charge on any atom is 0.243 e. The first kappa shape index (κ1) is 21.8. The van der Waals surface area contributed by atoms with Crippen molar-refractivity contribution in [3.63, 3.8) is 0 Å². The van der Waals surface area contributed by atoms with Crippen LogP contribution in [0.4, 0.5) is 5.69 Å². The van der Waals surface area contributed by atoms with Crippen molar-refractivity contribution in [2.24, 2.45) is 11.8 Å². The molecule has 0 aromatic heterocycles. The molecular formula is C20H25N2O5S-.